The molecule has 0 rings (SSSR count). The normalized spacial score (nSPS) is 11.8. The minimum Gasteiger partial charge on any atom is -0.236 e. The van der Waals surface area contributed by atoms with E-state index in [-0.39, 0.29) is 5.60 Å². The molecule has 0 amide bonds. The molecule has 0 aliphatic heterocycles. The lowest BCUT2D eigenvalue weighted by molar-refractivity contribution is -0.354. The van der Waals surface area contributed by atoms with Crippen molar-refractivity contribution in [2.24, 2.45) is 0 Å². The van der Waals surface area contributed by atoms with E-state index in [1.54, 1.807) is 0 Å². The van der Waals surface area contributed by atoms with Crippen LogP contribution in [0.2, 0.25) is 0 Å². The van der Waals surface area contributed by atoms with E-state index in [9.17, 15) is 0 Å². The highest BCUT2D eigenvalue weighted by molar-refractivity contribution is 4.92. The maximum atomic E-state index is 5.51. The van der Waals surface area contributed by atoms with E-state index >= 15 is 0 Å². The van der Waals surface area contributed by atoms with Crippen LogP contribution in [-0.2, 0) is 9.78 Å². The lowest BCUT2D eigenvalue weighted by atomic mass is 10.0. The second-order valence-electron chi connectivity index (χ2n) is 6.08. The topological polar surface area (TPSA) is 18.5 Å². The Morgan fingerprint density at radius 2 is 1.68 bits per heavy atom. The highest BCUT2D eigenvalue weighted by Gasteiger charge is 2.18. The molecule has 0 saturated heterocycles. The minimum atomic E-state index is -0.152. The lowest BCUT2D eigenvalue weighted by Gasteiger charge is -2.23. The van der Waals surface area contributed by atoms with E-state index in [0.717, 1.165) is 32.1 Å². The quantitative estimate of drug-likeness (QED) is 0.182. The summed E-state index contributed by atoms with van der Waals surface area (Å²) in [5.74, 6) is 0. The van der Waals surface area contributed by atoms with Gasteiger partial charge in [0.05, 0.1) is 12.2 Å². The molecule has 0 spiro atoms. The first-order chi connectivity index (χ1) is 9.02. The summed E-state index contributed by atoms with van der Waals surface area (Å²) < 4.78 is 0. The number of unbranched alkanes of at least 4 members (excludes halogenated alkanes) is 3. The fourth-order valence-corrected chi connectivity index (χ4v) is 2.06. The molecule has 0 saturated carbocycles. The molecule has 2 heteroatoms. The van der Waals surface area contributed by atoms with E-state index in [4.69, 9.17) is 9.78 Å². The largest absolute Gasteiger partial charge is 0.236 e. The summed E-state index contributed by atoms with van der Waals surface area (Å²) >= 11 is 0. The Morgan fingerprint density at radius 3 is 2.32 bits per heavy atom. The smallest absolute Gasteiger partial charge is 0.0980 e. The highest BCUT2D eigenvalue weighted by Crippen LogP contribution is 2.19. The molecule has 114 valence electrons. The molecule has 0 unspecified atom stereocenters. The third-order valence-corrected chi connectivity index (χ3v) is 3.28. The Kier molecular flexibility index (Phi) is 11.3. The fourth-order valence-electron chi connectivity index (χ4n) is 2.06. The Labute approximate surface area is 120 Å². The second kappa shape index (κ2) is 11.5. The van der Waals surface area contributed by atoms with Gasteiger partial charge in [0, 0.05) is 0 Å². The molecule has 0 aliphatic carbocycles. The van der Waals surface area contributed by atoms with Crippen LogP contribution in [0.1, 0.15) is 85.5 Å². The molecule has 0 atom stereocenters. The van der Waals surface area contributed by atoms with Gasteiger partial charge in [-0.05, 0) is 46.0 Å². The van der Waals surface area contributed by atoms with Crippen molar-refractivity contribution in [3.63, 3.8) is 0 Å². The first-order valence-corrected chi connectivity index (χ1v) is 7.99. The molecule has 0 aliphatic rings. The van der Waals surface area contributed by atoms with Gasteiger partial charge in [-0.2, -0.15) is 0 Å². The predicted octanol–water partition coefficient (Wildman–Crippen LogP) is 5.82. The molecular formula is C17H34O2. The summed E-state index contributed by atoms with van der Waals surface area (Å²) in [6.07, 6.45) is 10.5. The zero-order valence-electron chi connectivity index (χ0n) is 13.6. The van der Waals surface area contributed by atoms with Crippen LogP contribution in [0.3, 0.4) is 0 Å². The average molecular weight is 270 g/mol. The SMILES string of the molecule is C=C(CCC)CCCCOOC(C)(C)CCCCC. The molecule has 0 aromatic rings. The highest BCUT2D eigenvalue weighted by atomic mass is 17.2. The van der Waals surface area contributed by atoms with E-state index in [2.05, 4.69) is 34.3 Å². The van der Waals surface area contributed by atoms with Crippen molar-refractivity contribution in [3.05, 3.63) is 12.2 Å². The van der Waals surface area contributed by atoms with Crippen LogP contribution in [0.5, 0.6) is 0 Å². The molecule has 0 heterocycles. The number of hydrogen-bond donors (Lipinski definition) is 0. The van der Waals surface area contributed by atoms with Crippen LogP contribution in [0.25, 0.3) is 0 Å². The van der Waals surface area contributed by atoms with Crippen LogP contribution in [0.4, 0.5) is 0 Å². The molecule has 0 fully saturated rings. The van der Waals surface area contributed by atoms with Gasteiger partial charge in [0.2, 0.25) is 0 Å². The molecule has 0 aromatic heterocycles. The number of rotatable bonds is 13. The van der Waals surface area contributed by atoms with Crippen LogP contribution >= 0.6 is 0 Å². The van der Waals surface area contributed by atoms with Gasteiger partial charge in [0.1, 0.15) is 0 Å². The molecule has 0 radical (unpaired) electrons. The Morgan fingerprint density at radius 1 is 0.947 bits per heavy atom. The van der Waals surface area contributed by atoms with Crippen LogP contribution in [0.15, 0.2) is 12.2 Å². The zero-order chi connectivity index (χ0) is 14.6. The summed E-state index contributed by atoms with van der Waals surface area (Å²) in [6.45, 7) is 13.4. The molecule has 0 aromatic carbocycles. The van der Waals surface area contributed by atoms with Gasteiger partial charge < -0.3 is 0 Å². The van der Waals surface area contributed by atoms with Crippen LogP contribution in [-0.4, -0.2) is 12.2 Å². The van der Waals surface area contributed by atoms with Crippen LogP contribution in [0, 0.1) is 0 Å². The van der Waals surface area contributed by atoms with Gasteiger partial charge >= 0.3 is 0 Å². The van der Waals surface area contributed by atoms with Gasteiger partial charge in [-0.25, -0.2) is 9.78 Å². The monoisotopic (exact) mass is 270 g/mol. The molecular weight excluding hydrogens is 236 g/mol. The maximum absolute atomic E-state index is 5.51. The van der Waals surface area contributed by atoms with Crippen molar-refractivity contribution in [1.82, 2.24) is 0 Å². The zero-order valence-corrected chi connectivity index (χ0v) is 13.6. The van der Waals surface area contributed by atoms with Crippen molar-refractivity contribution in [3.8, 4) is 0 Å². The summed E-state index contributed by atoms with van der Waals surface area (Å²) in [4.78, 5) is 10.8. The molecule has 19 heavy (non-hydrogen) atoms. The van der Waals surface area contributed by atoms with Gasteiger partial charge in [-0.3, -0.25) is 0 Å². The van der Waals surface area contributed by atoms with Crippen molar-refractivity contribution < 1.29 is 9.78 Å². The molecule has 0 bridgehead atoms. The van der Waals surface area contributed by atoms with E-state index in [1.165, 1.54) is 31.3 Å². The lowest BCUT2D eigenvalue weighted by Crippen LogP contribution is -2.24. The van der Waals surface area contributed by atoms with Crippen molar-refractivity contribution >= 4 is 0 Å². The minimum absolute atomic E-state index is 0.152. The standard InChI is InChI=1S/C17H34O2/c1-6-8-10-14-17(4,5)19-18-15-11-9-13-16(3)12-7-2/h3,6-15H2,1-2,4-5H3. The number of hydrogen-bond acceptors (Lipinski definition) is 2. The molecule has 2 nitrogen and oxygen atoms in total. The van der Waals surface area contributed by atoms with Gasteiger partial charge in [0.15, 0.2) is 0 Å². The summed E-state index contributed by atoms with van der Waals surface area (Å²) in [5.41, 5.74) is 1.21. The third kappa shape index (κ3) is 12.4. The first-order valence-electron chi connectivity index (χ1n) is 7.99. The van der Waals surface area contributed by atoms with Crippen molar-refractivity contribution in [1.29, 1.82) is 0 Å². The third-order valence-electron chi connectivity index (χ3n) is 3.28. The van der Waals surface area contributed by atoms with Crippen molar-refractivity contribution in [2.45, 2.75) is 91.1 Å². The second-order valence-corrected chi connectivity index (χ2v) is 6.08. The Bertz CT molecular complexity index is 221. The van der Waals surface area contributed by atoms with E-state index in [0.29, 0.717) is 6.61 Å². The van der Waals surface area contributed by atoms with E-state index < -0.39 is 0 Å². The Balaban J connectivity index is 3.44. The summed E-state index contributed by atoms with van der Waals surface area (Å²) in [5, 5.41) is 0. The first kappa shape index (κ1) is 18.7. The van der Waals surface area contributed by atoms with Gasteiger partial charge in [0.25, 0.3) is 0 Å². The van der Waals surface area contributed by atoms with E-state index in [1.807, 2.05) is 0 Å². The number of allylic oxidation sites excluding steroid dienone is 1. The van der Waals surface area contributed by atoms with Gasteiger partial charge in [-0.1, -0.05) is 51.7 Å². The molecule has 0 N–H and O–H groups in total. The Hall–Kier alpha value is -0.340. The maximum Gasteiger partial charge on any atom is 0.0980 e. The average Bonchev–Trinajstić information content (AvgIpc) is 2.34. The summed E-state index contributed by atoms with van der Waals surface area (Å²) in [7, 11) is 0. The summed E-state index contributed by atoms with van der Waals surface area (Å²) in [6, 6.07) is 0. The van der Waals surface area contributed by atoms with Crippen LogP contribution < -0.4 is 0 Å². The van der Waals surface area contributed by atoms with Gasteiger partial charge in [-0.15, -0.1) is 0 Å². The predicted molar refractivity (Wildman–Crippen MR) is 83.2 cm³/mol. The fraction of sp³-hybridized carbons (Fsp3) is 0.882. The van der Waals surface area contributed by atoms with Crippen molar-refractivity contribution in [2.75, 3.05) is 6.61 Å².